The van der Waals surface area contributed by atoms with Crippen molar-refractivity contribution in [3.05, 3.63) is 144 Å². The lowest BCUT2D eigenvalue weighted by Gasteiger charge is -2.46. The molecular weight excluding hydrogens is 640 g/mol. The summed E-state index contributed by atoms with van der Waals surface area (Å²) >= 11 is 0. The third kappa shape index (κ3) is 13.6. The van der Waals surface area contributed by atoms with E-state index in [1.807, 2.05) is 84.9 Å². The SMILES string of the molecule is CCCCCCC(O)CCCO[C@@H]1O[C@H](COCc2ccccc2)[C@H](OCc2ccccc2)[C@H](OCc2ccccc2)[C@H]1OCc1ccccc1. The monoisotopic (exact) mass is 696 g/mol. The zero-order chi connectivity index (χ0) is 35.4. The summed E-state index contributed by atoms with van der Waals surface area (Å²) in [5, 5.41) is 10.6. The summed E-state index contributed by atoms with van der Waals surface area (Å²) in [6.45, 7) is 4.45. The molecule has 1 aliphatic heterocycles. The Morgan fingerprint density at radius 1 is 0.529 bits per heavy atom. The van der Waals surface area contributed by atoms with Crippen molar-refractivity contribution in [2.45, 2.75) is 115 Å². The van der Waals surface area contributed by atoms with Crippen LogP contribution in [0.4, 0.5) is 0 Å². The Balaban J connectivity index is 1.36. The fourth-order valence-electron chi connectivity index (χ4n) is 6.35. The van der Waals surface area contributed by atoms with Crippen LogP contribution in [-0.2, 0) is 54.8 Å². The van der Waals surface area contributed by atoms with Gasteiger partial charge < -0.3 is 33.5 Å². The molecule has 0 radical (unpaired) electrons. The van der Waals surface area contributed by atoms with Crippen molar-refractivity contribution >= 4 is 0 Å². The molecule has 4 aromatic rings. The van der Waals surface area contributed by atoms with Crippen LogP contribution >= 0.6 is 0 Å². The number of hydrogen-bond acceptors (Lipinski definition) is 7. The van der Waals surface area contributed by atoms with Crippen molar-refractivity contribution in [2.75, 3.05) is 13.2 Å². The van der Waals surface area contributed by atoms with Gasteiger partial charge in [-0.3, -0.25) is 0 Å². The van der Waals surface area contributed by atoms with Crippen molar-refractivity contribution in [3.8, 4) is 0 Å². The topological polar surface area (TPSA) is 75.6 Å². The summed E-state index contributed by atoms with van der Waals surface area (Å²) in [5.41, 5.74) is 4.22. The Kier molecular flexibility index (Phi) is 17.1. The first kappa shape index (κ1) is 38.8. The van der Waals surface area contributed by atoms with E-state index in [1.54, 1.807) is 0 Å². The summed E-state index contributed by atoms with van der Waals surface area (Å²) in [4.78, 5) is 0. The lowest BCUT2D eigenvalue weighted by molar-refractivity contribution is -0.328. The smallest absolute Gasteiger partial charge is 0.186 e. The predicted molar refractivity (Wildman–Crippen MR) is 200 cm³/mol. The zero-order valence-electron chi connectivity index (χ0n) is 30.1. The minimum absolute atomic E-state index is 0.279. The molecule has 274 valence electrons. The Morgan fingerprint density at radius 2 is 1.00 bits per heavy atom. The normalized spacial score (nSPS) is 21.0. The van der Waals surface area contributed by atoms with Gasteiger partial charge in [-0.05, 0) is 41.5 Å². The minimum Gasteiger partial charge on any atom is -0.393 e. The fraction of sp³-hybridized carbons (Fsp3) is 0.455. The van der Waals surface area contributed by atoms with Gasteiger partial charge in [0.05, 0.1) is 39.1 Å². The molecule has 1 unspecified atom stereocenters. The largest absolute Gasteiger partial charge is 0.393 e. The van der Waals surface area contributed by atoms with Gasteiger partial charge in [-0.2, -0.15) is 0 Å². The Bertz CT molecular complexity index is 1440. The van der Waals surface area contributed by atoms with Crippen LogP contribution in [0.5, 0.6) is 0 Å². The molecule has 1 N–H and O–H groups in total. The van der Waals surface area contributed by atoms with Gasteiger partial charge in [-0.15, -0.1) is 0 Å². The molecule has 4 aromatic carbocycles. The first-order chi connectivity index (χ1) is 25.2. The second-order valence-corrected chi connectivity index (χ2v) is 13.3. The molecule has 5 rings (SSSR count). The van der Waals surface area contributed by atoms with Gasteiger partial charge in [-0.25, -0.2) is 0 Å². The van der Waals surface area contributed by atoms with E-state index in [2.05, 4.69) is 43.3 Å². The van der Waals surface area contributed by atoms with Gasteiger partial charge in [0.25, 0.3) is 0 Å². The standard InChI is InChI=1S/C44H56O7/c1-2-3-4-17-27-39(45)28-18-29-47-44-43(50-33-38-25-15-8-16-26-38)42(49-32-37-23-13-7-14-24-37)41(48-31-36-21-11-6-12-22-36)40(51-44)34-46-30-35-19-9-5-10-20-35/h5-16,19-26,39-45H,2-4,17-18,27-34H2,1H3/t39?,40-,41+,42+,43-,44-/m1/s1. The second-order valence-electron chi connectivity index (χ2n) is 13.3. The van der Waals surface area contributed by atoms with E-state index in [9.17, 15) is 5.11 Å². The van der Waals surface area contributed by atoms with Gasteiger partial charge in [-0.1, -0.05) is 154 Å². The van der Waals surface area contributed by atoms with E-state index in [0.29, 0.717) is 45.9 Å². The maximum atomic E-state index is 10.6. The number of aliphatic hydroxyl groups is 1. The van der Waals surface area contributed by atoms with Crippen molar-refractivity contribution in [3.63, 3.8) is 0 Å². The average molecular weight is 697 g/mol. The van der Waals surface area contributed by atoms with Crippen molar-refractivity contribution in [2.24, 2.45) is 0 Å². The van der Waals surface area contributed by atoms with E-state index in [4.69, 9.17) is 28.4 Å². The quantitative estimate of drug-likeness (QED) is 0.0777. The molecule has 1 heterocycles. The van der Waals surface area contributed by atoms with Crippen molar-refractivity contribution < 1.29 is 33.5 Å². The lowest BCUT2D eigenvalue weighted by atomic mass is 9.97. The third-order valence-corrected chi connectivity index (χ3v) is 9.20. The van der Waals surface area contributed by atoms with Crippen molar-refractivity contribution in [1.82, 2.24) is 0 Å². The molecule has 1 fully saturated rings. The van der Waals surface area contributed by atoms with Gasteiger partial charge in [0.15, 0.2) is 6.29 Å². The molecule has 0 spiro atoms. The predicted octanol–water partition coefficient (Wildman–Crippen LogP) is 8.81. The molecule has 0 saturated carbocycles. The van der Waals surface area contributed by atoms with Crippen LogP contribution in [0.3, 0.4) is 0 Å². The van der Waals surface area contributed by atoms with E-state index in [1.165, 1.54) is 12.8 Å². The summed E-state index contributed by atoms with van der Waals surface area (Å²) < 4.78 is 39.8. The minimum atomic E-state index is -0.738. The van der Waals surface area contributed by atoms with Crippen LogP contribution in [0.1, 0.15) is 74.1 Å². The molecular formula is C44H56O7. The summed E-state index contributed by atoms with van der Waals surface area (Å²) in [7, 11) is 0. The van der Waals surface area contributed by atoms with E-state index in [-0.39, 0.29) is 12.7 Å². The highest BCUT2D eigenvalue weighted by molar-refractivity contribution is 5.16. The van der Waals surface area contributed by atoms with E-state index < -0.39 is 30.7 Å². The van der Waals surface area contributed by atoms with Crippen LogP contribution in [0, 0.1) is 0 Å². The van der Waals surface area contributed by atoms with Gasteiger partial charge in [0.2, 0.25) is 0 Å². The first-order valence-electron chi connectivity index (χ1n) is 18.7. The van der Waals surface area contributed by atoms with E-state index in [0.717, 1.165) is 41.5 Å². The number of benzene rings is 4. The molecule has 0 aromatic heterocycles. The number of ether oxygens (including phenoxy) is 6. The van der Waals surface area contributed by atoms with Crippen molar-refractivity contribution in [1.29, 1.82) is 0 Å². The number of unbranched alkanes of at least 4 members (excludes halogenated alkanes) is 3. The number of rotatable bonds is 23. The zero-order valence-corrected chi connectivity index (χ0v) is 30.1. The third-order valence-electron chi connectivity index (χ3n) is 9.20. The van der Waals surface area contributed by atoms with Crippen LogP contribution < -0.4 is 0 Å². The highest BCUT2D eigenvalue weighted by atomic mass is 16.7. The summed E-state index contributed by atoms with van der Waals surface area (Å²) in [6, 6.07) is 40.5. The lowest BCUT2D eigenvalue weighted by Crippen LogP contribution is -2.61. The average Bonchev–Trinajstić information content (AvgIpc) is 3.18. The Hall–Kier alpha value is -3.40. The summed E-state index contributed by atoms with van der Waals surface area (Å²) in [6.07, 6.45) is 3.58. The molecule has 1 aliphatic rings. The van der Waals surface area contributed by atoms with Crippen LogP contribution in [0.15, 0.2) is 121 Å². The first-order valence-corrected chi connectivity index (χ1v) is 18.7. The molecule has 0 aliphatic carbocycles. The van der Waals surface area contributed by atoms with Crippen LogP contribution in [0.25, 0.3) is 0 Å². The van der Waals surface area contributed by atoms with Gasteiger partial charge in [0.1, 0.15) is 24.4 Å². The Labute approximate surface area is 304 Å². The maximum absolute atomic E-state index is 10.6. The highest BCUT2D eigenvalue weighted by Gasteiger charge is 2.49. The van der Waals surface area contributed by atoms with Crippen LogP contribution in [-0.4, -0.2) is 55.1 Å². The molecule has 0 amide bonds. The highest BCUT2D eigenvalue weighted by Crippen LogP contribution is 2.32. The molecule has 6 atom stereocenters. The molecule has 7 nitrogen and oxygen atoms in total. The molecule has 1 saturated heterocycles. The number of aliphatic hydroxyl groups excluding tert-OH is 1. The van der Waals surface area contributed by atoms with Gasteiger partial charge in [0, 0.05) is 6.61 Å². The second kappa shape index (κ2) is 22.5. The fourth-order valence-corrected chi connectivity index (χ4v) is 6.35. The Morgan fingerprint density at radius 3 is 1.53 bits per heavy atom. The van der Waals surface area contributed by atoms with E-state index >= 15 is 0 Å². The molecule has 7 heteroatoms. The number of hydrogen-bond donors (Lipinski definition) is 1. The molecule has 0 bridgehead atoms. The maximum Gasteiger partial charge on any atom is 0.186 e. The van der Waals surface area contributed by atoms with Gasteiger partial charge >= 0.3 is 0 Å². The molecule has 51 heavy (non-hydrogen) atoms. The van der Waals surface area contributed by atoms with Crippen LogP contribution in [0.2, 0.25) is 0 Å². The summed E-state index contributed by atoms with van der Waals surface area (Å²) in [5.74, 6) is 0.